The first kappa shape index (κ1) is 11.9. The summed E-state index contributed by atoms with van der Waals surface area (Å²) >= 11 is 1.80. The number of thiophene rings is 1. The minimum absolute atomic E-state index is 0.0343. The molecule has 0 radical (unpaired) electrons. The van der Waals surface area contributed by atoms with E-state index in [9.17, 15) is 4.79 Å². The summed E-state index contributed by atoms with van der Waals surface area (Å²) in [6.07, 6.45) is 4.23. The lowest BCUT2D eigenvalue weighted by Gasteiger charge is -2.43. The number of carbonyl (C=O) groups excluding carboxylic acids is 1. The van der Waals surface area contributed by atoms with Crippen molar-refractivity contribution >= 4 is 17.2 Å². The molecule has 1 spiro atoms. The smallest absolute Gasteiger partial charge is 0.245 e. The summed E-state index contributed by atoms with van der Waals surface area (Å²) < 4.78 is 6.10. The molecule has 1 amide bonds. The van der Waals surface area contributed by atoms with Gasteiger partial charge in [0.2, 0.25) is 5.91 Å². The summed E-state index contributed by atoms with van der Waals surface area (Å²) in [7, 11) is 0. The number of piperidine rings is 1. The molecule has 2 aliphatic rings. The summed E-state index contributed by atoms with van der Waals surface area (Å²) in [6.45, 7) is 5.88. The fourth-order valence-corrected chi connectivity index (χ4v) is 4.11. The van der Waals surface area contributed by atoms with Gasteiger partial charge >= 0.3 is 0 Å². The Morgan fingerprint density at radius 3 is 3.00 bits per heavy atom. The Bertz CT molecular complexity index is 472. The molecule has 0 N–H and O–H groups in total. The summed E-state index contributed by atoms with van der Waals surface area (Å²) in [5, 5.41) is 2.16. The monoisotopic (exact) mass is 263 g/mol. The molecule has 0 aliphatic carbocycles. The number of ether oxygens (including phenoxy) is 1. The van der Waals surface area contributed by atoms with Crippen LogP contribution >= 0.6 is 11.3 Å². The van der Waals surface area contributed by atoms with E-state index in [-0.39, 0.29) is 11.5 Å². The number of hydrogen-bond acceptors (Lipinski definition) is 3. The van der Waals surface area contributed by atoms with Crippen LogP contribution in [0.4, 0.5) is 0 Å². The first-order valence-electron chi connectivity index (χ1n) is 6.37. The Balaban J connectivity index is 1.80. The minimum Gasteiger partial charge on any atom is -0.369 e. The van der Waals surface area contributed by atoms with Gasteiger partial charge in [-0.05, 0) is 42.3 Å². The molecular weight excluding hydrogens is 246 g/mol. The van der Waals surface area contributed by atoms with Crippen molar-refractivity contribution in [2.45, 2.75) is 24.9 Å². The molecule has 4 heteroatoms. The van der Waals surface area contributed by atoms with E-state index in [1.54, 1.807) is 11.3 Å². The zero-order valence-corrected chi connectivity index (χ0v) is 11.2. The molecule has 2 aliphatic heterocycles. The molecule has 1 aromatic heterocycles. The number of likely N-dealkylation sites (tertiary alicyclic amines) is 1. The van der Waals surface area contributed by atoms with Crippen molar-refractivity contribution in [3.63, 3.8) is 0 Å². The summed E-state index contributed by atoms with van der Waals surface area (Å²) in [4.78, 5) is 14.9. The molecule has 0 atom stereocenters. The zero-order valence-electron chi connectivity index (χ0n) is 10.4. The molecule has 3 nitrogen and oxygen atoms in total. The SMILES string of the molecule is C=CC(=O)N1CCC2(CC1)OCCc1ccsc12. The molecule has 1 fully saturated rings. The Morgan fingerprint density at radius 1 is 1.50 bits per heavy atom. The van der Waals surface area contributed by atoms with Crippen molar-refractivity contribution in [2.75, 3.05) is 19.7 Å². The van der Waals surface area contributed by atoms with Crippen LogP contribution < -0.4 is 0 Å². The van der Waals surface area contributed by atoms with Crippen LogP contribution in [0.2, 0.25) is 0 Å². The Morgan fingerprint density at radius 2 is 2.28 bits per heavy atom. The van der Waals surface area contributed by atoms with Crippen LogP contribution in [0, 0.1) is 0 Å². The molecule has 3 rings (SSSR count). The molecule has 0 unspecified atom stereocenters. The third kappa shape index (κ3) is 1.80. The van der Waals surface area contributed by atoms with Gasteiger partial charge in [-0.3, -0.25) is 4.79 Å². The normalized spacial score (nSPS) is 21.7. The van der Waals surface area contributed by atoms with Crippen molar-refractivity contribution in [2.24, 2.45) is 0 Å². The highest BCUT2D eigenvalue weighted by Gasteiger charge is 2.42. The topological polar surface area (TPSA) is 29.5 Å². The fourth-order valence-electron chi connectivity index (χ4n) is 2.94. The Hall–Kier alpha value is -1.13. The van der Waals surface area contributed by atoms with Crippen molar-refractivity contribution in [1.29, 1.82) is 0 Å². The number of carbonyl (C=O) groups is 1. The molecule has 3 heterocycles. The lowest BCUT2D eigenvalue weighted by Crippen LogP contribution is -2.47. The number of fused-ring (bicyclic) bond motifs is 2. The van der Waals surface area contributed by atoms with Crippen LogP contribution in [0.25, 0.3) is 0 Å². The number of amides is 1. The van der Waals surface area contributed by atoms with E-state index in [0.717, 1.165) is 39.0 Å². The quantitative estimate of drug-likeness (QED) is 0.728. The lowest BCUT2D eigenvalue weighted by molar-refractivity contribution is -0.135. The van der Waals surface area contributed by atoms with E-state index in [2.05, 4.69) is 18.0 Å². The lowest BCUT2D eigenvalue weighted by atomic mass is 9.85. The molecule has 1 aromatic rings. The minimum atomic E-state index is -0.125. The fraction of sp³-hybridized carbons (Fsp3) is 0.500. The highest BCUT2D eigenvalue weighted by molar-refractivity contribution is 7.10. The van der Waals surface area contributed by atoms with Gasteiger partial charge < -0.3 is 9.64 Å². The van der Waals surface area contributed by atoms with E-state index < -0.39 is 0 Å². The van der Waals surface area contributed by atoms with Gasteiger partial charge in [0.25, 0.3) is 0 Å². The van der Waals surface area contributed by atoms with E-state index in [4.69, 9.17) is 4.74 Å². The maximum atomic E-state index is 11.6. The average molecular weight is 263 g/mol. The summed E-state index contributed by atoms with van der Waals surface area (Å²) in [6, 6.07) is 2.21. The van der Waals surface area contributed by atoms with E-state index >= 15 is 0 Å². The first-order valence-corrected chi connectivity index (χ1v) is 7.25. The van der Waals surface area contributed by atoms with Gasteiger partial charge in [0, 0.05) is 18.0 Å². The Kier molecular flexibility index (Phi) is 2.99. The van der Waals surface area contributed by atoms with Gasteiger partial charge in [-0.25, -0.2) is 0 Å². The van der Waals surface area contributed by atoms with Gasteiger partial charge in [-0.2, -0.15) is 0 Å². The van der Waals surface area contributed by atoms with Gasteiger partial charge in [0.1, 0.15) is 5.60 Å². The molecular formula is C14H17NO2S. The van der Waals surface area contributed by atoms with Crippen molar-refractivity contribution in [1.82, 2.24) is 4.90 Å². The van der Waals surface area contributed by atoms with Crippen LogP contribution in [-0.4, -0.2) is 30.5 Å². The van der Waals surface area contributed by atoms with E-state index in [0.29, 0.717) is 0 Å². The second-order valence-electron chi connectivity index (χ2n) is 4.90. The predicted octanol–water partition coefficient (Wildman–Crippen LogP) is 2.32. The van der Waals surface area contributed by atoms with Gasteiger partial charge in [-0.1, -0.05) is 6.58 Å². The van der Waals surface area contributed by atoms with Gasteiger partial charge in [0.15, 0.2) is 0 Å². The summed E-state index contributed by atoms with van der Waals surface area (Å²) in [5.74, 6) is 0.0343. The maximum Gasteiger partial charge on any atom is 0.245 e. The third-order valence-electron chi connectivity index (χ3n) is 3.97. The van der Waals surface area contributed by atoms with Crippen LogP contribution in [0.15, 0.2) is 24.1 Å². The summed E-state index contributed by atoms with van der Waals surface area (Å²) in [5.41, 5.74) is 1.31. The molecule has 0 bridgehead atoms. The van der Waals surface area contributed by atoms with Crippen LogP contribution in [0.1, 0.15) is 23.3 Å². The zero-order chi connectivity index (χ0) is 12.6. The van der Waals surface area contributed by atoms with Crippen molar-refractivity contribution in [3.8, 4) is 0 Å². The van der Waals surface area contributed by atoms with E-state index in [1.165, 1.54) is 16.5 Å². The maximum absolute atomic E-state index is 11.6. The molecule has 0 aromatic carbocycles. The number of hydrogen-bond donors (Lipinski definition) is 0. The van der Waals surface area contributed by atoms with Crippen molar-refractivity contribution in [3.05, 3.63) is 34.5 Å². The second kappa shape index (κ2) is 4.52. The van der Waals surface area contributed by atoms with Crippen LogP contribution in [-0.2, 0) is 21.6 Å². The second-order valence-corrected chi connectivity index (χ2v) is 5.81. The largest absolute Gasteiger partial charge is 0.369 e. The van der Waals surface area contributed by atoms with E-state index in [1.807, 2.05) is 4.90 Å². The molecule has 96 valence electrons. The molecule has 1 saturated heterocycles. The average Bonchev–Trinajstić information content (AvgIpc) is 2.89. The number of nitrogens with zero attached hydrogens (tertiary/aromatic N) is 1. The predicted molar refractivity (Wildman–Crippen MR) is 71.7 cm³/mol. The van der Waals surface area contributed by atoms with Gasteiger partial charge in [0.05, 0.1) is 6.61 Å². The van der Waals surface area contributed by atoms with Crippen molar-refractivity contribution < 1.29 is 9.53 Å². The van der Waals surface area contributed by atoms with Crippen LogP contribution in [0.3, 0.4) is 0 Å². The number of rotatable bonds is 1. The van der Waals surface area contributed by atoms with Crippen LogP contribution in [0.5, 0.6) is 0 Å². The molecule has 18 heavy (non-hydrogen) atoms. The Labute approximate surface area is 111 Å². The highest BCUT2D eigenvalue weighted by Crippen LogP contribution is 2.44. The third-order valence-corrected chi connectivity index (χ3v) is 5.11. The van der Waals surface area contributed by atoms with Gasteiger partial charge in [-0.15, -0.1) is 11.3 Å². The highest BCUT2D eigenvalue weighted by atomic mass is 32.1. The first-order chi connectivity index (χ1) is 8.75. The molecule has 0 saturated carbocycles. The standard InChI is InChI=1S/C14H17NO2S/c1-2-12(16)15-7-5-14(6-8-15)13-11(3-9-17-14)4-10-18-13/h2,4,10H,1,3,5-9H2.